The van der Waals surface area contributed by atoms with E-state index >= 15 is 0 Å². The molecule has 2 N–H and O–H groups in total. The van der Waals surface area contributed by atoms with Gasteiger partial charge in [0, 0.05) is 13.1 Å². The molecule has 1 aliphatic heterocycles. The summed E-state index contributed by atoms with van der Waals surface area (Å²) in [5.74, 6) is 0.703. The van der Waals surface area contributed by atoms with Gasteiger partial charge in [-0.15, -0.1) is 11.3 Å². The third-order valence-electron chi connectivity index (χ3n) is 4.27. The molecular formula is C17H24N4OS. The number of rotatable bonds is 6. The Morgan fingerprint density at radius 2 is 2.48 bits per heavy atom. The van der Waals surface area contributed by atoms with Crippen LogP contribution < -0.4 is 5.32 Å². The van der Waals surface area contributed by atoms with E-state index in [4.69, 9.17) is 0 Å². The Morgan fingerprint density at radius 1 is 1.57 bits per heavy atom. The number of aromatic nitrogens is 2. The number of carbonyl (C=O) groups is 1. The molecule has 2 aromatic rings. The lowest BCUT2D eigenvalue weighted by Gasteiger charge is -2.30. The van der Waals surface area contributed by atoms with Gasteiger partial charge in [0.05, 0.1) is 10.6 Å². The Balaban J connectivity index is 1.41. The number of hydrogen-bond donors (Lipinski definition) is 2. The van der Waals surface area contributed by atoms with Gasteiger partial charge in [-0.05, 0) is 55.8 Å². The molecule has 1 saturated heterocycles. The van der Waals surface area contributed by atoms with E-state index in [9.17, 15) is 4.79 Å². The lowest BCUT2D eigenvalue weighted by molar-refractivity contribution is 0.0945. The van der Waals surface area contributed by atoms with Crippen LogP contribution in [0.5, 0.6) is 0 Å². The topological polar surface area (TPSA) is 61.0 Å². The first kappa shape index (κ1) is 16.2. The number of thiophene rings is 1. The molecule has 3 heterocycles. The predicted octanol–water partition coefficient (Wildman–Crippen LogP) is 2.99. The molecule has 0 aromatic carbocycles. The van der Waals surface area contributed by atoms with Crippen LogP contribution in [0.15, 0.2) is 23.6 Å². The summed E-state index contributed by atoms with van der Waals surface area (Å²) in [7, 11) is 0. The fourth-order valence-corrected chi connectivity index (χ4v) is 3.77. The minimum absolute atomic E-state index is 0.101. The third kappa shape index (κ3) is 4.42. The Labute approximate surface area is 141 Å². The second-order valence-corrected chi connectivity index (χ2v) is 7.25. The van der Waals surface area contributed by atoms with Crippen molar-refractivity contribution in [3.05, 3.63) is 29.3 Å². The molecule has 1 aliphatic rings. The normalized spacial score (nSPS) is 18.9. The lowest BCUT2D eigenvalue weighted by atomic mass is 10.0. The summed E-state index contributed by atoms with van der Waals surface area (Å²) in [6, 6.07) is 5.81. The summed E-state index contributed by atoms with van der Waals surface area (Å²) in [5.41, 5.74) is 1.35. The maximum absolute atomic E-state index is 12.1. The van der Waals surface area contributed by atoms with Gasteiger partial charge >= 0.3 is 0 Å². The quantitative estimate of drug-likeness (QED) is 0.800. The van der Waals surface area contributed by atoms with Gasteiger partial charge in [-0.3, -0.25) is 9.89 Å². The van der Waals surface area contributed by atoms with Crippen molar-refractivity contribution in [3.63, 3.8) is 0 Å². The Kier molecular flexibility index (Phi) is 5.46. The number of carbonyl (C=O) groups excluding carboxylic acids is 1. The first-order valence-electron chi connectivity index (χ1n) is 8.32. The molecule has 6 heteroatoms. The smallest absolute Gasteiger partial charge is 0.271 e. The van der Waals surface area contributed by atoms with Crippen molar-refractivity contribution in [2.24, 2.45) is 5.92 Å². The maximum Gasteiger partial charge on any atom is 0.271 e. The predicted molar refractivity (Wildman–Crippen MR) is 93.7 cm³/mol. The fraction of sp³-hybridized carbons (Fsp3) is 0.529. The molecule has 3 rings (SSSR count). The van der Waals surface area contributed by atoms with Crippen molar-refractivity contribution in [2.75, 3.05) is 26.2 Å². The van der Waals surface area contributed by atoms with E-state index in [0.29, 0.717) is 12.2 Å². The van der Waals surface area contributed by atoms with Crippen molar-refractivity contribution in [1.82, 2.24) is 20.4 Å². The minimum Gasteiger partial charge on any atom is -0.351 e. The van der Waals surface area contributed by atoms with Gasteiger partial charge in [-0.2, -0.15) is 5.10 Å². The van der Waals surface area contributed by atoms with E-state index in [-0.39, 0.29) is 5.91 Å². The maximum atomic E-state index is 12.1. The van der Waals surface area contributed by atoms with Gasteiger partial charge in [-0.25, -0.2) is 0 Å². The van der Waals surface area contributed by atoms with Gasteiger partial charge in [0.1, 0.15) is 0 Å². The molecule has 2 aromatic heterocycles. The highest BCUT2D eigenvalue weighted by Gasteiger charge is 2.16. The Hall–Kier alpha value is -1.66. The van der Waals surface area contributed by atoms with E-state index in [0.717, 1.165) is 29.5 Å². The Bertz CT molecular complexity index is 622. The highest BCUT2D eigenvalue weighted by molar-refractivity contribution is 7.13. The van der Waals surface area contributed by atoms with E-state index in [1.807, 2.05) is 23.6 Å². The van der Waals surface area contributed by atoms with Gasteiger partial charge < -0.3 is 10.2 Å². The average molecular weight is 332 g/mol. The zero-order chi connectivity index (χ0) is 16.1. The molecule has 5 nitrogen and oxygen atoms in total. The largest absolute Gasteiger partial charge is 0.351 e. The minimum atomic E-state index is -0.101. The van der Waals surface area contributed by atoms with Crippen molar-refractivity contribution >= 4 is 17.2 Å². The molecule has 0 bridgehead atoms. The van der Waals surface area contributed by atoms with E-state index in [2.05, 4.69) is 27.3 Å². The molecule has 0 spiro atoms. The molecule has 1 amide bonds. The van der Waals surface area contributed by atoms with Crippen LogP contribution in [0.4, 0.5) is 0 Å². The van der Waals surface area contributed by atoms with Crippen molar-refractivity contribution in [3.8, 4) is 10.6 Å². The molecule has 0 aliphatic carbocycles. The number of amides is 1. The zero-order valence-electron chi connectivity index (χ0n) is 13.5. The second kappa shape index (κ2) is 7.75. The van der Waals surface area contributed by atoms with Crippen molar-refractivity contribution in [1.29, 1.82) is 0 Å². The number of piperidine rings is 1. The summed E-state index contributed by atoms with van der Waals surface area (Å²) >= 11 is 1.63. The SMILES string of the molecule is CC1CCCN(CCCNC(=O)c2cc(-c3cccs3)[nH]n2)C1. The zero-order valence-corrected chi connectivity index (χ0v) is 14.4. The number of aromatic amines is 1. The number of H-pyrrole nitrogens is 1. The summed E-state index contributed by atoms with van der Waals surface area (Å²) in [6.07, 6.45) is 3.63. The molecule has 23 heavy (non-hydrogen) atoms. The third-order valence-corrected chi connectivity index (χ3v) is 5.18. The van der Waals surface area contributed by atoms with Crippen LogP contribution in [0, 0.1) is 5.92 Å². The van der Waals surface area contributed by atoms with Gasteiger partial charge in [0.2, 0.25) is 0 Å². The van der Waals surface area contributed by atoms with E-state index in [1.165, 1.54) is 25.9 Å². The van der Waals surface area contributed by atoms with Crippen LogP contribution in [-0.4, -0.2) is 47.2 Å². The number of hydrogen-bond acceptors (Lipinski definition) is 4. The Morgan fingerprint density at radius 3 is 3.26 bits per heavy atom. The summed E-state index contributed by atoms with van der Waals surface area (Å²) < 4.78 is 0. The highest BCUT2D eigenvalue weighted by Crippen LogP contribution is 2.22. The monoisotopic (exact) mass is 332 g/mol. The van der Waals surface area contributed by atoms with Gasteiger partial charge in [0.25, 0.3) is 5.91 Å². The molecule has 1 fully saturated rings. The number of nitrogens with one attached hydrogen (secondary N) is 2. The summed E-state index contributed by atoms with van der Waals surface area (Å²) in [4.78, 5) is 15.7. The van der Waals surface area contributed by atoms with Crippen molar-refractivity contribution in [2.45, 2.75) is 26.2 Å². The first-order chi connectivity index (χ1) is 11.2. The fourth-order valence-electron chi connectivity index (χ4n) is 3.08. The average Bonchev–Trinajstić information content (AvgIpc) is 3.21. The van der Waals surface area contributed by atoms with Crippen molar-refractivity contribution < 1.29 is 4.79 Å². The highest BCUT2D eigenvalue weighted by atomic mass is 32.1. The molecule has 124 valence electrons. The van der Waals surface area contributed by atoms with Crippen LogP contribution in [0.3, 0.4) is 0 Å². The summed E-state index contributed by atoms with van der Waals surface area (Å²) in [6.45, 7) is 6.46. The molecule has 1 atom stereocenters. The van der Waals surface area contributed by atoms with Gasteiger partial charge in [-0.1, -0.05) is 13.0 Å². The van der Waals surface area contributed by atoms with Gasteiger partial charge in [0.15, 0.2) is 5.69 Å². The van der Waals surface area contributed by atoms with E-state index in [1.54, 1.807) is 11.3 Å². The molecule has 0 radical (unpaired) electrons. The molecule has 1 unspecified atom stereocenters. The second-order valence-electron chi connectivity index (χ2n) is 6.30. The number of nitrogens with zero attached hydrogens (tertiary/aromatic N) is 2. The van der Waals surface area contributed by atoms with Crippen LogP contribution in [-0.2, 0) is 0 Å². The van der Waals surface area contributed by atoms with Crippen LogP contribution in [0.2, 0.25) is 0 Å². The number of likely N-dealkylation sites (tertiary alicyclic amines) is 1. The lowest BCUT2D eigenvalue weighted by Crippen LogP contribution is -2.36. The van der Waals surface area contributed by atoms with Crippen LogP contribution >= 0.6 is 11.3 Å². The van der Waals surface area contributed by atoms with Crippen LogP contribution in [0.25, 0.3) is 10.6 Å². The standard InChI is InChI=1S/C17H24N4OS/c1-13-5-2-8-21(12-13)9-4-7-18-17(22)15-11-14(19-20-15)16-6-3-10-23-16/h3,6,10-11,13H,2,4-5,7-9,12H2,1H3,(H,18,22)(H,19,20). The molecule has 0 saturated carbocycles. The van der Waals surface area contributed by atoms with Crippen LogP contribution in [0.1, 0.15) is 36.7 Å². The molecular weight excluding hydrogens is 308 g/mol. The first-order valence-corrected chi connectivity index (χ1v) is 9.20. The summed E-state index contributed by atoms with van der Waals surface area (Å²) in [5, 5.41) is 12.0. The van der Waals surface area contributed by atoms with E-state index < -0.39 is 0 Å².